The standard InChI is InChI=1S/C21H27N3O3/c25-14-16-9-15(11-23-7-3-4-8-23)12-24(13-16)21(27)19-10-22-20(26)18-6-2-1-5-17(18)19/h1-2,5-6,10,15-16,25H,3-4,7-9,11-14H2,(H,22,26)/t15-,16-/m1/s1. The Balaban J connectivity index is 1.58. The lowest BCUT2D eigenvalue weighted by Gasteiger charge is -2.38. The predicted octanol–water partition coefficient (Wildman–Crippen LogP) is 1.69. The van der Waals surface area contributed by atoms with Crippen LogP contribution in [0.5, 0.6) is 0 Å². The summed E-state index contributed by atoms with van der Waals surface area (Å²) in [4.78, 5) is 32.4. The predicted molar refractivity (Wildman–Crippen MR) is 105 cm³/mol. The van der Waals surface area contributed by atoms with Gasteiger partial charge in [0, 0.05) is 43.2 Å². The molecule has 0 aliphatic carbocycles. The van der Waals surface area contributed by atoms with E-state index in [9.17, 15) is 14.7 Å². The van der Waals surface area contributed by atoms with Crippen molar-refractivity contribution in [3.8, 4) is 0 Å². The summed E-state index contributed by atoms with van der Waals surface area (Å²) in [6.07, 6.45) is 5.00. The lowest BCUT2D eigenvalue weighted by Crippen LogP contribution is -2.47. The number of aromatic amines is 1. The van der Waals surface area contributed by atoms with E-state index in [4.69, 9.17) is 0 Å². The highest BCUT2D eigenvalue weighted by Crippen LogP contribution is 2.26. The second-order valence-electron chi connectivity index (χ2n) is 7.95. The first kappa shape index (κ1) is 18.2. The molecule has 0 unspecified atom stereocenters. The van der Waals surface area contributed by atoms with Crippen molar-refractivity contribution in [1.29, 1.82) is 0 Å². The number of pyridine rings is 1. The maximum absolute atomic E-state index is 13.3. The van der Waals surface area contributed by atoms with Gasteiger partial charge in [-0.1, -0.05) is 18.2 Å². The molecule has 4 rings (SSSR count). The molecule has 6 heteroatoms. The summed E-state index contributed by atoms with van der Waals surface area (Å²) < 4.78 is 0. The van der Waals surface area contributed by atoms with Crippen LogP contribution in [0, 0.1) is 11.8 Å². The van der Waals surface area contributed by atoms with Crippen molar-refractivity contribution >= 4 is 16.7 Å². The van der Waals surface area contributed by atoms with Crippen LogP contribution in [0.25, 0.3) is 10.8 Å². The smallest absolute Gasteiger partial charge is 0.255 e. The highest BCUT2D eigenvalue weighted by atomic mass is 16.3. The van der Waals surface area contributed by atoms with E-state index in [-0.39, 0.29) is 24.0 Å². The van der Waals surface area contributed by atoms with Crippen molar-refractivity contribution < 1.29 is 9.90 Å². The third-order valence-electron chi connectivity index (χ3n) is 5.92. The number of nitrogens with one attached hydrogen (secondary N) is 1. The molecule has 0 radical (unpaired) electrons. The van der Waals surface area contributed by atoms with Crippen molar-refractivity contribution in [2.75, 3.05) is 39.3 Å². The molecule has 6 nitrogen and oxygen atoms in total. The third-order valence-corrected chi connectivity index (χ3v) is 5.92. The minimum atomic E-state index is -0.180. The van der Waals surface area contributed by atoms with Gasteiger partial charge in [-0.25, -0.2) is 0 Å². The summed E-state index contributed by atoms with van der Waals surface area (Å²) in [7, 11) is 0. The molecule has 2 aliphatic rings. The maximum atomic E-state index is 13.3. The van der Waals surface area contributed by atoms with Crippen molar-refractivity contribution in [3.63, 3.8) is 0 Å². The number of benzene rings is 1. The number of amides is 1. The summed E-state index contributed by atoms with van der Waals surface area (Å²) in [6, 6.07) is 7.23. The first-order chi connectivity index (χ1) is 13.2. The Kier molecular flexibility index (Phi) is 5.27. The topological polar surface area (TPSA) is 76.6 Å². The average Bonchev–Trinajstić information content (AvgIpc) is 3.20. The average molecular weight is 369 g/mol. The number of aromatic nitrogens is 1. The number of likely N-dealkylation sites (tertiary alicyclic amines) is 2. The Morgan fingerprint density at radius 3 is 2.56 bits per heavy atom. The highest BCUT2D eigenvalue weighted by molar-refractivity contribution is 6.06. The molecule has 2 aromatic rings. The molecule has 2 saturated heterocycles. The number of carbonyl (C=O) groups is 1. The van der Waals surface area contributed by atoms with Gasteiger partial charge in [-0.05, 0) is 50.3 Å². The second-order valence-corrected chi connectivity index (χ2v) is 7.95. The number of rotatable bonds is 4. The van der Waals surface area contributed by atoms with Gasteiger partial charge in [-0.3, -0.25) is 9.59 Å². The van der Waals surface area contributed by atoms with E-state index in [2.05, 4.69) is 9.88 Å². The van der Waals surface area contributed by atoms with Gasteiger partial charge < -0.3 is 19.9 Å². The van der Waals surface area contributed by atoms with Gasteiger partial charge >= 0.3 is 0 Å². The van der Waals surface area contributed by atoms with Gasteiger partial charge in [0.25, 0.3) is 11.5 Å². The fraction of sp³-hybridized carbons (Fsp3) is 0.524. The van der Waals surface area contributed by atoms with Crippen LogP contribution in [0.15, 0.2) is 35.3 Å². The molecule has 3 heterocycles. The molecule has 0 bridgehead atoms. The second kappa shape index (κ2) is 7.82. The number of fused-ring (bicyclic) bond motifs is 1. The molecule has 1 aromatic carbocycles. The van der Waals surface area contributed by atoms with Crippen molar-refractivity contribution in [2.24, 2.45) is 11.8 Å². The van der Waals surface area contributed by atoms with Gasteiger partial charge in [0.2, 0.25) is 0 Å². The Morgan fingerprint density at radius 2 is 1.81 bits per heavy atom. The molecular weight excluding hydrogens is 342 g/mol. The molecule has 1 amide bonds. The van der Waals surface area contributed by atoms with E-state index >= 15 is 0 Å². The zero-order valence-electron chi connectivity index (χ0n) is 15.6. The van der Waals surface area contributed by atoms with Gasteiger partial charge in [0.1, 0.15) is 0 Å². The summed E-state index contributed by atoms with van der Waals surface area (Å²) in [5.41, 5.74) is 0.352. The zero-order valence-corrected chi connectivity index (χ0v) is 15.6. The molecule has 144 valence electrons. The van der Waals surface area contributed by atoms with E-state index < -0.39 is 0 Å². The minimum absolute atomic E-state index is 0.0629. The number of aliphatic hydroxyl groups is 1. The fourth-order valence-corrected chi connectivity index (χ4v) is 4.64. The minimum Gasteiger partial charge on any atom is -0.396 e. The molecule has 0 spiro atoms. The third kappa shape index (κ3) is 3.77. The normalized spacial score (nSPS) is 23.8. The first-order valence-electron chi connectivity index (χ1n) is 9.88. The quantitative estimate of drug-likeness (QED) is 0.860. The number of H-pyrrole nitrogens is 1. The van der Waals surface area contributed by atoms with E-state index in [1.165, 1.54) is 19.0 Å². The van der Waals surface area contributed by atoms with Crippen LogP contribution >= 0.6 is 0 Å². The molecule has 2 aliphatic heterocycles. The number of aliphatic hydroxyl groups excluding tert-OH is 1. The van der Waals surface area contributed by atoms with Crippen LogP contribution in [0.4, 0.5) is 0 Å². The van der Waals surface area contributed by atoms with E-state index in [1.54, 1.807) is 12.1 Å². The lowest BCUT2D eigenvalue weighted by atomic mass is 9.88. The Morgan fingerprint density at radius 1 is 1.11 bits per heavy atom. The molecule has 2 N–H and O–H groups in total. The molecular formula is C21H27N3O3. The maximum Gasteiger partial charge on any atom is 0.255 e. The number of piperidine rings is 1. The van der Waals surface area contributed by atoms with Crippen molar-refractivity contribution in [1.82, 2.24) is 14.8 Å². The molecule has 2 atom stereocenters. The van der Waals surface area contributed by atoms with E-state index in [0.29, 0.717) is 35.3 Å². The van der Waals surface area contributed by atoms with Gasteiger partial charge in [0.05, 0.1) is 5.56 Å². The van der Waals surface area contributed by atoms with Crippen LogP contribution in [-0.2, 0) is 0 Å². The summed E-state index contributed by atoms with van der Waals surface area (Å²) >= 11 is 0. The van der Waals surface area contributed by atoms with Crippen LogP contribution < -0.4 is 5.56 Å². The molecule has 2 fully saturated rings. The molecule has 1 aromatic heterocycles. The van der Waals surface area contributed by atoms with Crippen LogP contribution in [0.1, 0.15) is 29.6 Å². The fourth-order valence-electron chi connectivity index (χ4n) is 4.64. The molecule has 0 saturated carbocycles. The van der Waals surface area contributed by atoms with Gasteiger partial charge in [0.15, 0.2) is 0 Å². The lowest BCUT2D eigenvalue weighted by molar-refractivity contribution is 0.0467. The van der Waals surface area contributed by atoms with Gasteiger partial charge in [-0.2, -0.15) is 0 Å². The van der Waals surface area contributed by atoms with Crippen LogP contribution in [0.3, 0.4) is 0 Å². The van der Waals surface area contributed by atoms with Gasteiger partial charge in [-0.15, -0.1) is 0 Å². The zero-order chi connectivity index (χ0) is 18.8. The first-order valence-corrected chi connectivity index (χ1v) is 9.88. The number of nitrogens with zero attached hydrogens (tertiary/aromatic N) is 2. The Hall–Kier alpha value is -2.18. The Labute approximate surface area is 158 Å². The number of hydrogen-bond acceptors (Lipinski definition) is 4. The number of carbonyl (C=O) groups excluding carboxylic acids is 1. The largest absolute Gasteiger partial charge is 0.396 e. The van der Waals surface area contributed by atoms with Crippen molar-refractivity contribution in [3.05, 3.63) is 46.4 Å². The van der Waals surface area contributed by atoms with E-state index in [0.717, 1.165) is 26.1 Å². The number of hydrogen-bond donors (Lipinski definition) is 2. The summed E-state index contributed by atoms with van der Waals surface area (Å²) in [6.45, 7) is 4.65. The SMILES string of the molecule is O=C(c1c[nH]c(=O)c2ccccc12)N1C[C@H](CO)C[C@H](CN2CCCC2)C1. The molecule has 27 heavy (non-hydrogen) atoms. The van der Waals surface area contributed by atoms with Crippen LogP contribution in [0.2, 0.25) is 0 Å². The summed E-state index contributed by atoms with van der Waals surface area (Å²) in [5.74, 6) is 0.434. The van der Waals surface area contributed by atoms with Crippen LogP contribution in [-0.4, -0.2) is 65.1 Å². The van der Waals surface area contributed by atoms with Crippen molar-refractivity contribution in [2.45, 2.75) is 19.3 Å². The Bertz CT molecular complexity index is 872. The summed E-state index contributed by atoms with van der Waals surface area (Å²) in [5, 5.41) is 11.0. The monoisotopic (exact) mass is 369 g/mol. The van der Waals surface area contributed by atoms with E-state index in [1.807, 2.05) is 17.0 Å². The highest BCUT2D eigenvalue weighted by Gasteiger charge is 2.32.